The summed E-state index contributed by atoms with van der Waals surface area (Å²) >= 11 is 0. The van der Waals surface area contributed by atoms with Crippen LogP contribution in [0.15, 0.2) is 24.3 Å². The van der Waals surface area contributed by atoms with E-state index in [0.29, 0.717) is 13.0 Å². The maximum absolute atomic E-state index is 12.9. The molecule has 4 heteroatoms. The van der Waals surface area contributed by atoms with E-state index in [1.54, 1.807) is 0 Å². The third kappa shape index (κ3) is 2.62. The van der Waals surface area contributed by atoms with Gasteiger partial charge >= 0.3 is 0 Å². The lowest BCUT2D eigenvalue weighted by Gasteiger charge is -2.33. The van der Waals surface area contributed by atoms with Gasteiger partial charge in [0.1, 0.15) is 0 Å². The van der Waals surface area contributed by atoms with Crippen molar-refractivity contribution in [3.63, 3.8) is 0 Å². The van der Waals surface area contributed by atoms with E-state index < -0.39 is 0 Å². The number of nitrogens with zero attached hydrogens (tertiary/aromatic N) is 2. The number of hydrogen-bond acceptors (Lipinski definition) is 2. The number of carbonyl (C=O) groups is 2. The first-order valence-electron chi connectivity index (χ1n) is 8.07. The number of fused-ring (bicyclic) bond motifs is 1. The van der Waals surface area contributed by atoms with Gasteiger partial charge in [0, 0.05) is 30.7 Å². The molecule has 118 valence electrons. The smallest absolute Gasteiger partial charge is 0.232 e. The van der Waals surface area contributed by atoms with Crippen molar-refractivity contribution in [3.05, 3.63) is 29.8 Å². The van der Waals surface area contributed by atoms with E-state index in [2.05, 4.69) is 6.07 Å². The first-order chi connectivity index (χ1) is 10.4. The Morgan fingerprint density at radius 2 is 1.95 bits per heavy atom. The van der Waals surface area contributed by atoms with Crippen LogP contribution >= 0.6 is 0 Å². The molecule has 1 saturated heterocycles. The first kappa shape index (κ1) is 15.1. The van der Waals surface area contributed by atoms with Crippen LogP contribution in [0.4, 0.5) is 5.69 Å². The largest absolute Gasteiger partial charge is 0.337 e. The number of carbonyl (C=O) groups excluding carboxylic acids is 2. The number of anilines is 1. The van der Waals surface area contributed by atoms with Gasteiger partial charge in [0.15, 0.2) is 0 Å². The highest BCUT2D eigenvalue weighted by Gasteiger charge is 2.41. The summed E-state index contributed by atoms with van der Waals surface area (Å²) < 4.78 is 0. The van der Waals surface area contributed by atoms with Gasteiger partial charge in [-0.05, 0) is 45.2 Å². The molecule has 0 unspecified atom stereocenters. The summed E-state index contributed by atoms with van der Waals surface area (Å²) in [4.78, 5) is 28.9. The monoisotopic (exact) mass is 300 g/mol. The average molecular weight is 300 g/mol. The SMILES string of the molecule is CC(C)(C)N1C[C@H](C(=O)N2CCCc3ccccc32)CC1=O. The van der Waals surface area contributed by atoms with Crippen LogP contribution < -0.4 is 4.90 Å². The first-order valence-corrected chi connectivity index (χ1v) is 8.07. The highest BCUT2D eigenvalue weighted by Crippen LogP contribution is 2.32. The molecule has 1 fully saturated rings. The van der Waals surface area contributed by atoms with E-state index in [9.17, 15) is 9.59 Å². The van der Waals surface area contributed by atoms with Gasteiger partial charge in [0.05, 0.1) is 5.92 Å². The molecule has 2 aliphatic rings. The van der Waals surface area contributed by atoms with Crippen molar-refractivity contribution >= 4 is 17.5 Å². The maximum Gasteiger partial charge on any atom is 0.232 e. The number of benzene rings is 1. The average Bonchev–Trinajstić information content (AvgIpc) is 2.88. The third-order valence-electron chi connectivity index (χ3n) is 4.66. The van der Waals surface area contributed by atoms with Crippen molar-refractivity contribution in [1.29, 1.82) is 0 Å². The zero-order valence-electron chi connectivity index (χ0n) is 13.6. The molecule has 2 heterocycles. The molecule has 1 aromatic carbocycles. The molecule has 1 aromatic rings. The molecule has 22 heavy (non-hydrogen) atoms. The van der Waals surface area contributed by atoms with Crippen molar-refractivity contribution in [2.75, 3.05) is 18.0 Å². The topological polar surface area (TPSA) is 40.6 Å². The van der Waals surface area contributed by atoms with Crippen molar-refractivity contribution in [2.45, 2.75) is 45.6 Å². The molecular weight excluding hydrogens is 276 g/mol. The summed E-state index contributed by atoms with van der Waals surface area (Å²) in [6.45, 7) is 7.37. The minimum absolute atomic E-state index is 0.0937. The van der Waals surface area contributed by atoms with Crippen molar-refractivity contribution in [3.8, 4) is 0 Å². The second-order valence-corrected chi connectivity index (χ2v) is 7.30. The third-order valence-corrected chi connectivity index (χ3v) is 4.66. The Hall–Kier alpha value is -1.84. The Kier molecular flexibility index (Phi) is 3.71. The number of hydrogen-bond donors (Lipinski definition) is 0. The van der Waals surface area contributed by atoms with Gasteiger partial charge in [0.25, 0.3) is 0 Å². The van der Waals surface area contributed by atoms with Gasteiger partial charge in [-0.3, -0.25) is 9.59 Å². The Morgan fingerprint density at radius 3 is 2.64 bits per heavy atom. The molecule has 2 aliphatic heterocycles. The fourth-order valence-corrected chi connectivity index (χ4v) is 3.50. The summed E-state index contributed by atoms with van der Waals surface area (Å²) in [5.74, 6) is -0.0127. The standard InChI is InChI=1S/C18H24N2O2/c1-18(2,3)20-12-14(11-16(20)21)17(22)19-10-6-8-13-7-4-5-9-15(13)19/h4-5,7,9,14H,6,8,10-12H2,1-3H3/t14-/m1/s1. The fraction of sp³-hybridized carbons (Fsp3) is 0.556. The van der Waals surface area contributed by atoms with Crippen LogP contribution in [0, 0.1) is 5.92 Å². The zero-order valence-corrected chi connectivity index (χ0v) is 13.6. The number of para-hydroxylation sites is 1. The molecule has 4 nitrogen and oxygen atoms in total. The summed E-state index contributed by atoms with van der Waals surface area (Å²) in [6.07, 6.45) is 2.36. The van der Waals surface area contributed by atoms with Crippen LogP contribution in [-0.2, 0) is 16.0 Å². The molecule has 2 amide bonds. The number of likely N-dealkylation sites (tertiary alicyclic amines) is 1. The fourth-order valence-electron chi connectivity index (χ4n) is 3.50. The lowest BCUT2D eigenvalue weighted by atomic mass is 9.99. The molecule has 0 aliphatic carbocycles. The van der Waals surface area contributed by atoms with Gasteiger partial charge in [-0.1, -0.05) is 18.2 Å². The number of amides is 2. The summed E-state index contributed by atoms with van der Waals surface area (Å²) in [5, 5.41) is 0. The molecule has 1 atom stereocenters. The lowest BCUT2D eigenvalue weighted by Crippen LogP contribution is -2.44. The minimum atomic E-state index is -0.216. The molecule has 0 spiro atoms. The molecule has 0 bridgehead atoms. The van der Waals surface area contributed by atoms with E-state index in [1.165, 1.54) is 5.56 Å². The lowest BCUT2D eigenvalue weighted by molar-refractivity contribution is -0.131. The van der Waals surface area contributed by atoms with E-state index in [4.69, 9.17) is 0 Å². The molecule has 0 radical (unpaired) electrons. The summed E-state index contributed by atoms with van der Waals surface area (Å²) in [5.41, 5.74) is 2.05. The number of aryl methyl sites for hydroxylation is 1. The van der Waals surface area contributed by atoms with Crippen LogP contribution in [0.1, 0.15) is 39.2 Å². The predicted molar refractivity (Wildman–Crippen MR) is 86.7 cm³/mol. The normalized spacial score (nSPS) is 22.0. The molecule has 0 aromatic heterocycles. The van der Waals surface area contributed by atoms with Crippen LogP contribution in [0.5, 0.6) is 0 Å². The van der Waals surface area contributed by atoms with Crippen LogP contribution in [0.3, 0.4) is 0 Å². The second kappa shape index (κ2) is 5.41. The Bertz CT molecular complexity index is 603. The van der Waals surface area contributed by atoms with Crippen LogP contribution in [0.2, 0.25) is 0 Å². The maximum atomic E-state index is 12.9. The van der Waals surface area contributed by atoms with Gasteiger partial charge in [-0.2, -0.15) is 0 Å². The Morgan fingerprint density at radius 1 is 1.23 bits per heavy atom. The highest BCUT2D eigenvalue weighted by molar-refractivity contribution is 6.00. The molecule has 0 saturated carbocycles. The van der Waals surface area contributed by atoms with Crippen molar-refractivity contribution in [1.82, 2.24) is 4.90 Å². The predicted octanol–water partition coefficient (Wildman–Crippen LogP) is 2.61. The van der Waals surface area contributed by atoms with Crippen LogP contribution in [-0.4, -0.2) is 35.3 Å². The highest BCUT2D eigenvalue weighted by atomic mass is 16.2. The molecular formula is C18H24N2O2. The van der Waals surface area contributed by atoms with Gasteiger partial charge < -0.3 is 9.80 Å². The second-order valence-electron chi connectivity index (χ2n) is 7.30. The number of rotatable bonds is 1. The minimum Gasteiger partial charge on any atom is -0.337 e. The van der Waals surface area contributed by atoms with E-state index >= 15 is 0 Å². The summed E-state index contributed by atoms with van der Waals surface area (Å²) in [7, 11) is 0. The molecule has 3 rings (SSSR count). The van der Waals surface area contributed by atoms with Gasteiger partial charge in [0.2, 0.25) is 11.8 Å². The van der Waals surface area contributed by atoms with E-state index in [-0.39, 0.29) is 23.3 Å². The van der Waals surface area contributed by atoms with Crippen LogP contribution in [0.25, 0.3) is 0 Å². The van der Waals surface area contributed by atoms with E-state index in [1.807, 2.05) is 48.8 Å². The zero-order chi connectivity index (χ0) is 15.9. The Labute approximate surface area is 132 Å². The Balaban J connectivity index is 1.80. The molecule has 0 N–H and O–H groups in total. The summed E-state index contributed by atoms with van der Waals surface area (Å²) in [6, 6.07) is 8.11. The quantitative estimate of drug-likeness (QED) is 0.800. The van der Waals surface area contributed by atoms with E-state index in [0.717, 1.165) is 25.1 Å². The van der Waals surface area contributed by atoms with Crippen molar-refractivity contribution < 1.29 is 9.59 Å². The van der Waals surface area contributed by atoms with Gasteiger partial charge in [-0.25, -0.2) is 0 Å². The van der Waals surface area contributed by atoms with Gasteiger partial charge in [-0.15, -0.1) is 0 Å². The van der Waals surface area contributed by atoms with Crippen molar-refractivity contribution in [2.24, 2.45) is 5.92 Å².